The van der Waals surface area contributed by atoms with Crippen molar-refractivity contribution in [3.63, 3.8) is 0 Å². The predicted octanol–water partition coefficient (Wildman–Crippen LogP) is 5.36. The number of carbonyl (C=O) groups is 2. The monoisotopic (exact) mass is 575 g/mol. The highest BCUT2D eigenvalue weighted by molar-refractivity contribution is 7.92. The predicted molar refractivity (Wildman–Crippen MR) is 152 cm³/mol. The van der Waals surface area contributed by atoms with E-state index in [1.807, 2.05) is 13.8 Å². The minimum Gasteiger partial charge on any atom is -0.355 e. The Morgan fingerprint density at radius 2 is 1.47 bits per heavy atom. The van der Waals surface area contributed by atoms with E-state index in [0.717, 1.165) is 15.4 Å². The number of hydrogen-bond acceptors (Lipinski definition) is 4. The minimum absolute atomic E-state index is 0.0281. The molecule has 3 aromatic carbocycles. The van der Waals surface area contributed by atoms with E-state index >= 15 is 0 Å². The van der Waals surface area contributed by atoms with Crippen LogP contribution in [-0.4, -0.2) is 44.3 Å². The first-order valence-corrected chi connectivity index (χ1v) is 14.3. The molecule has 0 fully saturated rings. The number of sulfonamides is 1. The summed E-state index contributed by atoms with van der Waals surface area (Å²) < 4.78 is 28.6. The Hall–Kier alpha value is -3.07. The molecule has 0 radical (unpaired) electrons. The van der Waals surface area contributed by atoms with Gasteiger partial charge in [-0.3, -0.25) is 13.9 Å². The van der Waals surface area contributed by atoms with E-state index in [-0.39, 0.29) is 17.3 Å². The van der Waals surface area contributed by atoms with Crippen LogP contribution in [0.4, 0.5) is 5.69 Å². The Balaban J connectivity index is 2.03. The zero-order chi connectivity index (χ0) is 28.0. The van der Waals surface area contributed by atoms with Gasteiger partial charge in [-0.05, 0) is 69.7 Å². The van der Waals surface area contributed by atoms with E-state index in [1.165, 1.54) is 17.0 Å². The van der Waals surface area contributed by atoms with Crippen LogP contribution in [0.2, 0.25) is 10.0 Å². The van der Waals surface area contributed by atoms with Crippen molar-refractivity contribution in [2.75, 3.05) is 17.4 Å². The fourth-order valence-electron chi connectivity index (χ4n) is 3.82. The smallest absolute Gasteiger partial charge is 0.264 e. The summed E-state index contributed by atoms with van der Waals surface area (Å²) in [5, 5.41) is 3.40. The Bertz CT molecular complexity index is 1390. The van der Waals surface area contributed by atoms with E-state index in [0.29, 0.717) is 27.8 Å². The Morgan fingerprint density at radius 1 is 0.895 bits per heavy atom. The Kier molecular flexibility index (Phi) is 9.82. The third-order valence-electron chi connectivity index (χ3n) is 6.07. The molecule has 0 saturated carbocycles. The molecule has 0 saturated heterocycles. The van der Waals surface area contributed by atoms with Crippen molar-refractivity contribution in [3.05, 3.63) is 93.5 Å². The summed E-state index contributed by atoms with van der Waals surface area (Å²) in [5.74, 6) is -0.907. The normalized spacial score (nSPS) is 12.1. The lowest BCUT2D eigenvalue weighted by molar-refractivity contribution is -0.139. The second-order valence-electron chi connectivity index (χ2n) is 9.00. The van der Waals surface area contributed by atoms with Crippen molar-refractivity contribution in [1.29, 1.82) is 0 Å². The van der Waals surface area contributed by atoms with Gasteiger partial charge in [-0.15, -0.1) is 0 Å². The van der Waals surface area contributed by atoms with Crippen LogP contribution in [0, 0.1) is 13.8 Å². The van der Waals surface area contributed by atoms with E-state index in [1.54, 1.807) is 68.4 Å². The lowest BCUT2D eigenvalue weighted by atomic mass is 10.1. The van der Waals surface area contributed by atoms with Gasteiger partial charge in [0.15, 0.2) is 0 Å². The van der Waals surface area contributed by atoms with E-state index in [2.05, 4.69) is 5.32 Å². The number of halogens is 2. The maximum Gasteiger partial charge on any atom is 0.264 e. The maximum atomic E-state index is 13.8. The molecule has 0 aromatic heterocycles. The first kappa shape index (κ1) is 29.5. The molecule has 0 aliphatic heterocycles. The average Bonchev–Trinajstić information content (AvgIpc) is 2.88. The number of nitrogens with zero attached hydrogens (tertiary/aromatic N) is 2. The number of amides is 2. The summed E-state index contributed by atoms with van der Waals surface area (Å²) in [6.45, 7) is 7.04. The first-order valence-electron chi connectivity index (χ1n) is 12.1. The highest BCUT2D eigenvalue weighted by atomic mass is 35.5. The molecule has 0 heterocycles. The number of anilines is 1. The molecule has 38 heavy (non-hydrogen) atoms. The third-order valence-corrected chi connectivity index (χ3v) is 8.59. The number of likely N-dealkylation sites (N-methyl/N-ethyl adjacent to an activating group) is 1. The van der Waals surface area contributed by atoms with Crippen molar-refractivity contribution in [1.82, 2.24) is 10.2 Å². The van der Waals surface area contributed by atoms with Crippen LogP contribution in [0.25, 0.3) is 0 Å². The Morgan fingerprint density at radius 3 is 2.03 bits per heavy atom. The van der Waals surface area contributed by atoms with Gasteiger partial charge in [0.1, 0.15) is 12.6 Å². The fraction of sp³-hybridized carbons (Fsp3) is 0.286. The van der Waals surface area contributed by atoms with Gasteiger partial charge in [0, 0.05) is 13.1 Å². The molecule has 1 atom stereocenters. The standard InChI is InChI=1S/C28H31Cl2N3O4S/c1-5-31-28(35)21(4)32(17-22-10-15-25(29)26(30)16-22)27(34)18-33(23-11-6-19(2)7-12-23)38(36,37)24-13-8-20(3)9-14-24/h6-16,21H,5,17-18H2,1-4H3,(H,31,35)/t21-/m1/s1. The highest BCUT2D eigenvalue weighted by Gasteiger charge is 2.32. The van der Waals surface area contributed by atoms with E-state index in [9.17, 15) is 18.0 Å². The molecule has 0 aliphatic rings. The van der Waals surface area contributed by atoms with Crippen molar-refractivity contribution in [2.24, 2.45) is 0 Å². The van der Waals surface area contributed by atoms with Gasteiger partial charge in [0.2, 0.25) is 11.8 Å². The quantitative estimate of drug-likeness (QED) is 0.352. The number of hydrogen-bond donors (Lipinski definition) is 1. The number of carbonyl (C=O) groups excluding carboxylic acids is 2. The minimum atomic E-state index is -4.11. The number of nitrogens with one attached hydrogen (secondary N) is 1. The zero-order valence-electron chi connectivity index (χ0n) is 21.7. The van der Waals surface area contributed by atoms with Crippen LogP contribution in [0.5, 0.6) is 0 Å². The maximum absolute atomic E-state index is 13.8. The molecule has 0 unspecified atom stereocenters. The van der Waals surface area contributed by atoms with Gasteiger partial charge in [-0.1, -0.05) is 64.7 Å². The SMILES string of the molecule is CCNC(=O)[C@@H](C)N(Cc1ccc(Cl)c(Cl)c1)C(=O)CN(c1ccc(C)cc1)S(=O)(=O)c1ccc(C)cc1. The number of benzene rings is 3. The highest BCUT2D eigenvalue weighted by Crippen LogP contribution is 2.26. The zero-order valence-corrected chi connectivity index (χ0v) is 24.1. The molecule has 3 rings (SSSR count). The fourth-order valence-corrected chi connectivity index (χ4v) is 5.55. The molecule has 0 bridgehead atoms. The van der Waals surface area contributed by atoms with Gasteiger partial charge in [0.25, 0.3) is 10.0 Å². The molecule has 7 nitrogen and oxygen atoms in total. The third kappa shape index (κ3) is 7.07. The van der Waals surface area contributed by atoms with Crippen LogP contribution in [0.15, 0.2) is 71.6 Å². The number of aryl methyl sites for hydroxylation is 2. The first-order chi connectivity index (χ1) is 17.9. The number of rotatable bonds is 10. The summed E-state index contributed by atoms with van der Waals surface area (Å²) in [5.41, 5.74) is 2.83. The molecule has 202 valence electrons. The lowest BCUT2D eigenvalue weighted by Crippen LogP contribution is -2.51. The van der Waals surface area contributed by atoms with Crippen molar-refractivity contribution in [3.8, 4) is 0 Å². The summed E-state index contributed by atoms with van der Waals surface area (Å²) >= 11 is 12.2. The topological polar surface area (TPSA) is 86.8 Å². The van der Waals surface area contributed by atoms with Crippen LogP contribution in [-0.2, 0) is 26.2 Å². The molecule has 0 aliphatic carbocycles. The van der Waals surface area contributed by atoms with Gasteiger partial charge in [-0.25, -0.2) is 8.42 Å². The lowest BCUT2D eigenvalue weighted by Gasteiger charge is -2.32. The van der Waals surface area contributed by atoms with Crippen LogP contribution < -0.4 is 9.62 Å². The van der Waals surface area contributed by atoms with Crippen LogP contribution in [0.1, 0.15) is 30.5 Å². The summed E-state index contributed by atoms with van der Waals surface area (Å²) in [6, 6.07) is 17.4. The summed E-state index contributed by atoms with van der Waals surface area (Å²) in [7, 11) is -4.11. The summed E-state index contributed by atoms with van der Waals surface area (Å²) in [4.78, 5) is 28.0. The molecule has 10 heteroatoms. The van der Waals surface area contributed by atoms with Crippen molar-refractivity contribution < 1.29 is 18.0 Å². The molecule has 2 amide bonds. The van der Waals surface area contributed by atoms with Gasteiger partial charge in [-0.2, -0.15) is 0 Å². The van der Waals surface area contributed by atoms with E-state index in [4.69, 9.17) is 23.2 Å². The van der Waals surface area contributed by atoms with Crippen LogP contribution in [0.3, 0.4) is 0 Å². The molecule has 0 spiro atoms. The molecule has 3 aromatic rings. The Labute approximate surface area is 234 Å². The average molecular weight is 577 g/mol. The van der Waals surface area contributed by atoms with Crippen LogP contribution >= 0.6 is 23.2 Å². The molecule has 1 N–H and O–H groups in total. The van der Waals surface area contributed by atoms with E-state index < -0.39 is 28.5 Å². The molecular formula is C28H31Cl2N3O4S. The largest absolute Gasteiger partial charge is 0.355 e. The van der Waals surface area contributed by atoms with Gasteiger partial charge < -0.3 is 10.2 Å². The van der Waals surface area contributed by atoms with Crippen molar-refractivity contribution >= 4 is 50.7 Å². The van der Waals surface area contributed by atoms with Crippen molar-refractivity contribution in [2.45, 2.75) is 45.2 Å². The molecular weight excluding hydrogens is 545 g/mol. The summed E-state index contributed by atoms with van der Waals surface area (Å²) in [6.07, 6.45) is 0. The van der Waals surface area contributed by atoms with Gasteiger partial charge >= 0.3 is 0 Å². The second kappa shape index (κ2) is 12.7. The van der Waals surface area contributed by atoms with Gasteiger partial charge in [0.05, 0.1) is 20.6 Å². The second-order valence-corrected chi connectivity index (χ2v) is 11.7.